The topological polar surface area (TPSA) is 134 Å². The van der Waals surface area contributed by atoms with Crippen LogP contribution >= 0.6 is 0 Å². The summed E-state index contributed by atoms with van der Waals surface area (Å²) in [5.41, 5.74) is 10.8. The number of aromatic amines is 1. The largest absolute Gasteiger partial charge is 0.396 e. The lowest BCUT2D eigenvalue weighted by molar-refractivity contribution is 0.103. The molecule has 2 atom stereocenters. The lowest BCUT2D eigenvalue weighted by Crippen LogP contribution is -2.21. The van der Waals surface area contributed by atoms with Gasteiger partial charge in [-0.1, -0.05) is 0 Å². The predicted octanol–water partition coefficient (Wildman–Crippen LogP) is 0.685. The molecule has 1 aliphatic heterocycles. The van der Waals surface area contributed by atoms with Crippen molar-refractivity contribution in [3.05, 3.63) is 28.5 Å². The molecule has 0 aliphatic carbocycles. The van der Waals surface area contributed by atoms with Gasteiger partial charge in [-0.15, -0.1) is 0 Å². The summed E-state index contributed by atoms with van der Waals surface area (Å²) in [6.07, 6.45) is 2.65. The summed E-state index contributed by atoms with van der Waals surface area (Å²) in [7, 11) is 0. The van der Waals surface area contributed by atoms with E-state index in [1.165, 1.54) is 6.33 Å². The van der Waals surface area contributed by atoms with E-state index in [2.05, 4.69) is 29.9 Å². The van der Waals surface area contributed by atoms with Crippen LogP contribution in [0.15, 0.2) is 17.6 Å². The number of β-amino-alcohol motifs (C(OH)–C–C–N with tert-alkyl or cyclic N) is 1. The van der Waals surface area contributed by atoms with Gasteiger partial charge in [0.2, 0.25) is 0 Å². The number of rotatable bonds is 4. The van der Waals surface area contributed by atoms with Crippen LogP contribution in [-0.2, 0) is 6.54 Å². The second-order valence-corrected chi connectivity index (χ2v) is 5.13. The van der Waals surface area contributed by atoms with Crippen LogP contribution in [0.4, 0.5) is 5.82 Å². The van der Waals surface area contributed by atoms with Crippen molar-refractivity contribution in [2.24, 2.45) is 11.0 Å². The Morgan fingerprint density at radius 2 is 2.33 bits per heavy atom. The normalized spacial score (nSPS) is 22.6. The summed E-state index contributed by atoms with van der Waals surface area (Å²) >= 11 is 0. The number of fused-ring (bicyclic) bond motifs is 1. The Morgan fingerprint density at radius 3 is 3.05 bits per heavy atom. The third-order valence-corrected chi connectivity index (χ3v) is 3.77. The van der Waals surface area contributed by atoms with Crippen molar-refractivity contribution in [1.82, 2.24) is 19.9 Å². The second kappa shape index (κ2) is 5.66. The molecule has 1 fully saturated rings. The molecule has 9 nitrogen and oxygen atoms in total. The zero-order valence-corrected chi connectivity index (χ0v) is 11.2. The van der Waals surface area contributed by atoms with Crippen molar-refractivity contribution < 1.29 is 10.2 Å². The Kier molecular flexibility index (Phi) is 3.72. The summed E-state index contributed by atoms with van der Waals surface area (Å²) in [4.78, 5) is 16.0. The zero-order chi connectivity index (χ0) is 14.8. The van der Waals surface area contributed by atoms with Gasteiger partial charge in [0, 0.05) is 48.8 Å². The number of nitrogens with zero attached hydrogens (tertiary/aromatic N) is 6. The standard InChI is InChI=1S/C12H15N7O2/c13-18-17-12-11-10(15-6-16-12)7(1-14-11)2-19-3-8(5-20)9(21)4-19/h1,6,8-9,14,20-21H,2-5H2/t8-,9+/m1/s1. The molecular formula is C12H15N7O2. The molecule has 3 heterocycles. The minimum atomic E-state index is -0.506. The summed E-state index contributed by atoms with van der Waals surface area (Å²) in [6, 6.07) is 0. The van der Waals surface area contributed by atoms with E-state index in [-0.39, 0.29) is 18.3 Å². The zero-order valence-electron chi connectivity index (χ0n) is 11.2. The molecule has 1 aliphatic rings. The highest BCUT2D eigenvalue weighted by Gasteiger charge is 2.31. The number of aromatic nitrogens is 3. The molecule has 9 heteroatoms. The minimum Gasteiger partial charge on any atom is -0.396 e. The van der Waals surface area contributed by atoms with Crippen LogP contribution < -0.4 is 0 Å². The lowest BCUT2D eigenvalue weighted by Gasteiger charge is -2.14. The first kappa shape index (κ1) is 13.8. The molecule has 2 aromatic rings. The van der Waals surface area contributed by atoms with E-state index in [9.17, 15) is 10.2 Å². The van der Waals surface area contributed by atoms with Gasteiger partial charge in [0.1, 0.15) is 6.33 Å². The first-order valence-electron chi connectivity index (χ1n) is 6.60. The lowest BCUT2D eigenvalue weighted by atomic mass is 10.1. The molecule has 0 bridgehead atoms. The maximum Gasteiger partial charge on any atom is 0.154 e. The van der Waals surface area contributed by atoms with Gasteiger partial charge in [0.25, 0.3) is 0 Å². The molecule has 0 aromatic carbocycles. The van der Waals surface area contributed by atoms with Crippen LogP contribution in [0.5, 0.6) is 0 Å². The highest BCUT2D eigenvalue weighted by atomic mass is 16.3. The van der Waals surface area contributed by atoms with Gasteiger partial charge in [-0.3, -0.25) is 4.90 Å². The first-order valence-corrected chi connectivity index (χ1v) is 6.60. The number of H-pyrrole nitrogens is 1. The van der Waals surface area contributed by atoms with Gasteiger partial charge in [-0.25, -0.2) is 9.97 Å². The highest BCUT2D eigenvalue weighted by molar-refractivity contribution is 5.86. The van der Waals surface area contributed by atoms with Crippen molar-refractivity contribution in [3.63, 3.8) is 0 Å². The molecule has 110 valence electrons. The van der Waals surface area contributed by atoms with Gasteiger partial charge in [-0.2, -0.15) is 0 Å². The summed E-state index contributed by atoms with van der Waals surface area (Å²) in [6.45, 7) is 1.74. The highest BCUT2D eigenvalue weighted by Crippen LogP contribution is 2.26. The van der Waals surface area contributed by atoms with E-state index in [1.807, 2.05) is 0 Å². The van der Waals surface area contributed by atoms with Crippen LogP contribution in [0.25, 0.3) is 21.5 Å². The molecule has 1 saturated heterocycles. The van der Waals surface area contributed by atoms with Crippen molar-refractivity contribution >= 4 is 16.9 Å². The van der Waals surface area contributed by atoms with Crippen LogP contribution in [0.1, 0.15) is 5.56 Å². The van der Waals surface area contributed by atoms with Gasteiger partial charge >= 0.3 is 0 Å². The Labute approximate surface area is 119 Å². The first-order chi connectivity index (χ1) is 10.2. The fourth-order valence-electron chi connectivity index (χ4n) is 2.71. The number of nitrogens with one attached hydrogen (secondary N) is 1. The molecule has 0 spiro atoms. The fraction of sp³-hybridized carbons (Fsp3) is 0.500. The van der Waals surface area contributed by atoms with E-state index in [1.54, 1.807) is 6.20 Å². The maximum atomic E-state index is 9.83. The summed E-state index contributed by atoms with van der Waals surface area (Å²) < 4.78 is 0. The molecule has 21 heavy (non-hydrogen) atoms. The molecule has 0 amide bonds. The second-order valence-electron chi connectivity index (χ2n) is 5.13. The molecule has 0 saturated carbocycles. The van der Waals surface area contributed by atoms with E-state index < -0.39 is 6.10 Å². The Bertz CT molecular complexity index is 694. The van der Waals surface area contributed by atoms with E-state index >= 15 is 0 Å². The quantitative estimate of drug-likeness (QED) is 0.432. The number of hydrogen-bond acceptors (Lipinski definition) is 6. The van der Waals surface area contributed by atoms with Gasteiger partial charge in [0.05, 0.1) is 17.1 Å². The van der Waals surface area contributed by atoms with Crippen molar-refractivity contribution in [3.8, 4) is 0 Å². The third-order valence-electron chi connectivity index (χ3n) is 3.77. The molecule has 0 unspecified atom stereocenters. The van der Waals surface area contributed by atoms with Gasteiger partial charge < -0.3 is 15.2 Å². The number of azide groups is 1. The average molecular weight is 289 g/mol. The molecular weight excluding hydrogens is 274 g/mol. The van der Waals surface area contributed by atoms with E-state index in [0.29, 0.717) is 30.7 Å². The molecule has 3 rings (SSSR count). The SMILES string of the molecule is [N-]=[N+]=Nc1ncnc2c(CN3C[C@H](CO)[C@@H](O)C3)c[nH]c12. The molecule has 0 radical (unpaired) electrons. The van der Waals surface area contributed by atoms with Gasteiger partial charge in [-0.05, 0) is 10.6 Å². The van der Waals surface area contributed by atoms with Crippen molar-refractivity contribution in [1.29, 1.82) is 0 Å². The monoisotopic (exact) mass is 289 g/mol. The smallest absolute Gasteiger partial charge is 0.154 e. The van der Waals surface area contributed by atoms with Crippen molar-refractivity contribution in [2.75, 3.05) is 19.7 Å². The number of aliphatic hydroxyl groups is 2. The third kappa shape index (κ3) is 2.55. The number of aliphatic hydroxyl groups excluding tert-OH is 2. The summed E-state index contributed by atoms with van der Waals surface area (Å²) in [5, 5.41) is 22.5. The van der Waals surface area contributed by atoms with E-state index in [4.69, 9.17) is 5.53 Å². The fourth-order valence-corrected chi connectivity index (χ4v) is 2.71. The minimum absolute atomic E-state index is 0.0191. The number of likely N-dealkylation sites (tertiary alicyclic amines) is 1. The Hall–Kier alpha value is -2.19. The van der Waals surface area contributed by atoms with Crippen LogP contribution in [0.3, 0.4) is 0 Å². The molecule has 3 N–H and O–H groups in total. The maximum absolute atomic E-state index is 9.83. The van der Waals surface area contributed by atoms with Crippen LogP contribution in [0, 0.1) is 5.92 Å². The van der Waals surface area contributed by atoms with Crippen LogP contribution in [0.2, 0.25) is 0 Å². The predicted molar refractivity (Wildman–Crippen MR) is 74.6 cm³/mol. The summed E-state index contributed by atoms with van der Waals surface area (Å²) in [5.74, 6) is 0.159. The molecule has 2 aromatic heterocycles. The van der Waals surface area contributed by atoms with Gasteiger partial charge in [0.15, 0.2) is 5.82 Å². The van der Waals surface area contributed by atoms with E-state index in [0.717, 1.165) is 5.56 Å². The Balaban J connectivity index is 1.85. The Morgan fingerprint density at radius 1 is 1.48 bits per heavy atom. The van der Waals surface area contributed by atoms with Crippen molar-refractivity contribution in [2.45, 2.75) is 12.6 Å². The number of hydrogen-bond donors (Lipinski definition) is 3. The average Bonchev–Trinajstić information content (AvgIpc) is 3.04. The van der Waals surface area contributed by atoms with Crippen LogP contribution in [-0.4, -0.2) is 55.9 Å².